The summed E-state index contributed by atoms with van der Waals surface area (Å²) in [5, 5.41) is 2.37. The van der Waals surface area contributed by atoms with Crippen LogP contribution in [0.5, 0.6) is 5.75 Å². The van der Waals surface area contributed by atoms with Crippen molar-refractivity contribution in [3.63, 3.8) is 0 Å². The van der Waals surface area contributed by atoms with Crippen LogP contribution in [-0.4, -0.2) is 23.5 Å². The second-order valence-electron chi connectivity index (χ2n) is 7.62. The molecule has 2 aromatic carbocycles. The lowest BCUT2D eigenvalue weighted by Gasteiger charge is -2.21. The van der Waals surface area contributed by atoms with Gasteiger partial charge in [0, 0.05) is 18.7 Å². The number of hydrogen-bond donors (Lipinski definition) is 0. The first-order chi connectivity index (χ1) is 15.3. The molecule has 0 fully saturated rings. The molecule has 0 bridgehead atoms. The molecule has 0 aliphatic heterocycles. The zero-order chi connectivity index (χ0) is 23.1. The fraction of sp³-hybridized carbons (Fsp3) is 0.320. The van der Waals surface area contributed by atoms with E-state index in [-0.39, 0.29) is 24.9 Å². The summed E-state index contributed by atoms with van der Waals surface area (Å²) >= 11 is 1.35. The minimum atomic E-state index is -0.301. The number of ether oxygens (including phenoxy) is 2. The Morgan fingerprint density at radius 1 is 1.09 bits per heavy atom. The number of amides is 1. The smallest absolute Gasteiger partial charge is 0.306 e. The number of nitrogens with zero attached hydrogens (tertiary/aromatic N) is 2. The van der Waals surface area contributed by atoms with Crippen molar-refractivity contribution in [1.82, 2.24) is 4.98 Å². The average Bonchev–Trinajstić information content (AvgIpc) is 3.21. The molecule has 7 heteroatoms. The third-order valence-electron chi connectivity index (χ3n) is 5.03. The van der Waals surface area contributed by atoms with Crippen LogP contribution in [0.3, 0.4) is 0 Å². The van der Waals surface area contributed by atoms with Crippen LogP contribution < -0.4 is 9.64 Å². The first-order valence-corrected chi connectivity index (χ1v) is 11.4. The summed E-state index contributed by atoms with van der Waals surface area (Å²) < 4.78 is 11.0. The van der Waals surface area contributed by atoms with E-state index in [1.807, 2.05) is 68.6 Å². The van der Waals surface area contributed by atoms with Gasteiger partial charge >= 0.3 is 5.97 Å². The van der Waals surface area contributed by atoms with Gasteiger partial charge in [-0.3, -0.25) is 14.5 Å². The molecule has 1 aromatic heterocycles. The van der Waals surface area contributed by atoms with E-state index < -0.39 is 0 Å². The van der Waals surface area contributed by atoms with E-state index in [0.717, 1.165) is 28.1 Å². The van der Waals surface area contributed by atoms with Crippen LogP contribution in [0.1, 0.15) is 42.1 Å². The van der Waals surface area contributed by atoms with Crippen molar-refractivity contribution in [3.05, 3.63) is 70.2 Å². The zero-order valence-corrected chi connectivity index (χ0v) is 19.7. The summed E-state index contributed by atoms with van der Waals surface area (Å²) in [4.78, 5) is 30.5. The van der Waals surface area contributed by atoms with E-state index in [1.165, 1.54) is 18.3 Å². The summed E-state index contributed by atoms with van der Waals surface area (Å²) in [6.07, 6.45) is 0.838. The number of carbonyl (C=O) groups excluding carboxylic acids is 2. The summed E-state index contributed by atoms with van der Waals surface area (Å²) in [5.74, 6) is 0.378. The van der Waals surface area contributed by atoms with Gasteiger partial charge in [0.05, 0.1) is 18.0 Å². The molecule has 0 N–H and O–H groups in total. The number of thiazole rings is 1. The Morgan fingerprint density at radius 3 is 2.62 bits per heavy atom. The van der Waals surface area contributed by atoms with Gasteiger partial charge in [0.1, 0.15) is 12.4 Å². The highest BCUT2D eigenvalue weighted by Crippen LogP contribution is 2.32. The van der Waals surface area contributed by atoms with E-state index in [4.69, 9.17) is 9.47 Å². The highest BCUT2D eigenvalue weighted by molar-refractivity contribution is 7.14. The predicted octanol–water partition coefficient (Wildman–Crippen LogP) is 5.66. The van der Waals surface area contributed by atoms with Crippen molar-refractivity contribution >= 4 is 34.0 Å². The molecular weight excluding hydrogens is 424 g/mol. The Kier molecular flexibility index (Phi) is 8.00. The average molecular weight is 453 g/mol. The third kappa shape index (κ3) is 6.17. The number of carbonyl (C=O) groups is 2. The largest absolute Gasteiger partial charge is 0.494 e. The number of aromatic nitrogens is 1. The number of rotatable bonds is 9. The topological polar surface area (TPSA) is 68.7 Å². The number of aryl methyl sites for hydroxylation is 2. The van der Waals surface area contributed by atoms with Crippen LogP contribution in [0, 0.1) is 20.8 Å². The quantitative estimate of drug-likeness (QED) is 0.310. The lowest BCUT2D eigenvalue weighted by molar-refractivity contribution is -0.145. The lowest BCUT2D eigenvalue weighted by atomic mass is 10.1. The second-order valence-corrected chi connectivity index (χ2v) is 8.46. The van der Waals surface area contributed by atoms with Crippen molar-refractivity contribution in [2.45, 2.75) is 47.1 Å². The van der Waals surface area contributed by atoms with Crippen LogP contribution in [0.4, 0.5) is 10.8 Å². The van der Waals surface area contributed by atoms with Gasteiger partial charge in [0.2, 0.25) is 5.91 Å². The molecule has 0 aliphatic carbocycles. The normalized spacial score (nSPS) is 10.6. The zero-order valence-electron chi connectivity index (χ0n) is 18.9. The van der Waals surface area contributed by atoms with Gasteiger partial charge in [-0.25, -0.2) is 4.98 Å². The van der Waals surface area contributed by atoms with E-state index in [1.54, 1.807) is 4.90 Å². The van der Waals surface area contributed by atoms with Crippen LogP contribution in [0.2, 0.25) is 0 Å². The van der Waals surface area contributed by atoms with Gasteiger partial charge in [0.25, 0.3) is 0 Å². The van der Waals surface area contributed by atoms with Crippen molar-refractivity contribution in [2.75, 3.05) is 11.5 Å². The molecule has 0 saturated heterocycles. The van der Waals surface area contributed by atoms with E-state index in [0.29, 0.717) is 23.9 Å². The highest BCUT2D eigenvalue weighted by atomic mass is 32.1. The van der Waals surface area contributed by atoms with Crippen molar-refractivity contribution in [3.8, 4) is 5.75 Å². The van der Waals surface area contributed by atoms with E-state index >= 15 is 0 Å². The van der Waals surface area contributed by atoms with Crippen molar-refractivity contribution in [2.24, 2.45) is 0 Å². The number of anilines is 2. The van der Waals surface area contributed by atoms with E-state index in [2.05, 4.69) is 4.98 Å². The minimum absolute atomic E-state index is 0.0760. The van der Waals surface area contributed by atoms with Gasteiger partial charge in [-0.15, -0.1) is 11.3 Å². The van der Waals surface area contributed by atoms with Gasteiger partial charge in [0.15, 0.2) is 5.13 Å². The van der Waals surface area contributed by atoms with Gasteiger partial charge in [-0.1, -0.05) is 24.3 Å². The highest BCUT2D eigenvalue weighted by Gasteiger charge is 2.20. The maximum atomic E-state index is 12.3. The maximum absolute atomic E-state index is 12.3. The molecular formula is C25H28N2O4S. The molecule has 0 spiro atoms. The molecule has 1 amide bonds. The van der Waals surface area contributed by atoms with Crippen LogP contribution in [0.15, 0.2) is 47.8 Å². The summed E-state index contributed by atoms with van der Waals surface area (Å²) in [6.45, 7) is 8.04. The minimum Gasteiger partial charge on any atom is -0.494 e. The Morgan fingerprint density at radius 2 is 1.88 bits per heavy atom. The van der Waals surface area contributed by atoms with E-state index in [9.17, 15) is 9.59 Å². The fourth-order valence-corrected chi connectivity index (χ4v) is 4.05. The first-order valence-electron chi connectivity index (χ1n) is 10.5. The molecule has 0 aliphatic rings. The SMILES string of the molecule is CC(=O)N(c1nc(COC(=O)CCCOc2cccc(C)c2)cs1)c1cccc(C)c1C. The molecule has 168 valence electrons. The standard InChI is InChI=1S/C25H28N2O4S/c1-17-8-5-10-22(14-17)30-13-7-12-24(29)31-15-21-16-32-25(26-21)27(20(4)28)23-11-6-9-18(2)19(23)3/h5-6,8-11,14,16H,7,12-13,15H2,1-4H3. The Bertz CT molecular complexity index is 1090. The lowest BCUT2D eigenvalue weighted by Crippen LogP contribution is -2.23. The monoisotopic (exact) mass is 452 g/mol. The summed E-state index contributed by atoms with van der Waals surface area (Å²) in [6, 6.07) is 13.6. The molecule has 0 radical (unpaired) electrons. The molecule has 3 aromatic rings. The summed E-state index contributed by atoms with van der Waals surface area (Å²) in [5.41, 5.74) is 4.69. The Labute approximate surface area is 192 Å². The van der Waals surface area contributed by atoms with Crippen molar-refractivity contribution in [1.29, 1.82) is 0 Å². The molecule has 32 heavy (non-hydrogen) atoms. The van der Waals surface area contributed by atoms with Crippen LogP contribution in [-0.2, 0) is 20.9 Å². The number of benzene rings is 2. The van der Waals surface area contributed by atoms with Gasteiger partial charge < -0.3 is 9.47 Å². The van der Waals surface area contributed by atoms with Crippen LogP contribution in [0.25, 0.3) is 0 Å². The van der Waals surface area contributed by atoms with Crippen molar-refractivity contribution < 1.29 is 19.1 Å². The summed E-state index contributed by atoms with van der Waals surface area (Å²) in [7, 11) is 0. The second kappa shape index (κ2) is 10.9. The molecule has 3 rings (SSSR count). The molecule has 0 saturated carbocycles. The maximum Gasteiger partial charge on any atom is 0.306 e. The van der Waals surface area contributed by atoms with Crippen LogP contribution >= 0.6 is 11.3 Å². The third-order valence-corrected chi connectivity index (χ3v) is 5.90. The number of esters is 1. The molecule has 0 atom stereocenters. The molecule has 0 unspecified atom stereocenters. The molecule has 1 heterocycles. The number of hydrogen-bond acceptors (Lipinski definition) is 6. The molecule has 6 nitrogen and oxygen atoms in total. The first kappa shape index (κ1) is 23.5. The van der Waals surface area contributed by atoms with Gasteiger partial charge in [-0.05, 0) is 62.1 Å². The predicted molar refractivity (Wildman–Crippen MR) is 127 cm³/mol. The Balaban J connectivity index is 1.51. The Hall–Kier alpha value is -3.19. The fourth-order valence-electron chi connectivity index (χ4n) is 3.19. The van der Waals surface area contributed by atoms with Gasteiger partial charge in [-0.2, -0.15) is 0 Å².